The van der Waals surface area contributed by atoms with Gasteiger partial charge in [-0.3, -0.25) is 0 Å². The molecule has 112 valence electrons. The van der Waals surface area contributed by atoms with Crippen molar-refractivity contribution in [1.29, 1.82) is 0 Å². The van der Waals surface area contributed by atoms with Gasteiger partial charge in [-0.1, -0.05) is 44.5 Å². The average molecular weight is 323 g/mol. The lowest BCUT2D eigenvalue weighted by molar-refractivity contribution is 0.539. The quantitative estimate of drug-likeness (QED) is 0.385. The number of benzene rings is 1. The molecule has 0 fully saturated rings. The number of hydrogen-bond acceptors (Lipinski definition) is 5. The van der Waals surface area contributed by atoms with Gasteiger partial charge in [-0.2, -0.15) is 0 Å². The maximum Gasteiger partial charge on any atom is 0.144 e. The first kappa shape index (κ1) is 16.1. The Balaban J connectivity index is 2.17. The minimum absolute atomic E-state index is 0.123. The summed E-state index contributed by atoms with van der Waals surface area (Å²) in [5.41, 5.74) is 3.68. The third-order valence-corrected chi connectivity index (χ3v) is 4.06. The molecular weight excluding hydrogens is 304 g/mol. The number of thioether (sulfide) groups is 1. The van der Waals surface area contributed by atoms with Crippen LogP contribution in [0.2, 0.25) is 5.02 Å². The van der Waals surface area contributed by atoms with Gasteiger partial charge in [0.25, 0.3) is 0 Å². The van der Waals surface area contributed by atoms with E-state index in [1.54, 1.807) is 11.8 Å². The second-order valence-electron chi connectivity index (χ2n) is 5.72. The van der Waals surface area contributed by atoms with E-state index in [9.17, 15) is 0 Å². The van der Waals surface area contributed by atoms with Gasteiger partial charge in [-0.25, -0.2) is 15.8 Å². The van der Waals surface area contributed by atoms with Crippen molar-refractivity contribution in [2.75, 3.05) is 5.43 Å². The maximum absolute atomic E-state index is 5.89. The van der Waals surface area contributed by atoms with Crippen molar-refractivity contribution < 1.29 is 0 Å². The second-order valence-corrected chi connectivity index (χ2v) is 7.16. The first-order valence-electron chi connectivity index (χ1n) is 6.62. The molecule has 0 aliphatic carbocycles. The molecular formula is C15H19ClN4S. The summed E-state index contributed by atoms with van der Waals surface area (Å²) >= 11 is 7.54. The topological polar surface area (TPSA) is 63.8 Å². The largest absolute Gasteiger partial charge is 0.308 e. The molecule has 4 nitrogen and oxygen atoms in total. The highest BCUT2D eigenvalue weighted by atomic mass is 35.5. The highest BCUT2D eigenvalue weighted by Gasteiger charge is 2.19. The predicted octanol–water partition coefficient (Wildman–Crippen LogP) is 4.01. The zero-order chi connectivity index (χ0) is 15.5. The van der Waals surface area contributed by atoms with E-state index < -0.39 is 0 Å². The normalized spacial score (nSPS) is 11.5. The molecule has 1 heterocycles. The Hall–Kier alpha value is -1.30. The van der Waals surface area contributed by atoms with Gasteiger partial charge in [0.15, 0.2) is 0 Å². The summed E-state index contributed by atoms with van der Waals surface area (Å²) in [6, 6.07) is 9.68. The second kappa shape index (κ2) is 6.64. The van der Waals surface area contributed by atoms with Crippen LogP contribution in [0.15, 0.2) is 35.4 Å². The number of nitrogens with zero attached hydrogens (tertiary/aromatic N) is 2. The Morgan fingerprint density at radius 3 is 2.43 bits per heavy atom. The van der Waals surface area contributed by atoms with E-state index in [2.05, 4.69) is 36.2 Å². The Morgan fingerprint density at radius 1 is 1.19 bits per heavy atom. The van der Waals surface area contributed by atoms with Crippen molar-refractivity contribution in [3.8, 4) is 0 Å². The minimum Gasteiger partial charge on any atom is -0.308 e. The van der Waals surface area contributed by atoms with Crippen LogP contribution in [0.4, 0.5) is 5.82 Å². The van der Waals surface area contributed by atoms with E-state index in [-0.39, 0.29) is 5.41 Å². The van der Waals surface area contributed by atoms with E-state index in [1.165, 1.54) is 5.56 Å². The molecule has 0 saturated heterocycles. The van der Waals surface area contributed by atoms with Crippen LogP contribution >= 0.6 is 23.4 Å². The molecule has 1 aromatic carbocycles. The smallest absolute Gasteiger partial charge is 0.144 e. The lowest BCUT2D eigenvalue weighted by Crippen LogP contribution is -2.19. The Labute approximate surface area is 134 Å². The first-order chi connectivity index (χ1) is 9.88. The molecule has 0 radical (unpaired) electrons. The molecule has 6 heteroatoms. The summed E-state index contributed by atoms with van der Waals surface area (Å²) < 4.78 is 0. The molecule has 0 aliphatic rings. The van der Waals surface area contributed by atoms with E-state index in [0.29, 0.717) is 5.82 Å². The molecule has 1 aromatic heterocycles. The summed E-state index contributed by atoms with van der Waals surface area (Å²) in [5.74, 6) is 7.72. The Kier molecular flexibility index (Phi) is 5.08. The molecule has 0 atom stereocenters. The van der Waals surface area contributed by atoms with Crippen LogP contribution in [-0.4, -0.2) is 9.97 Å². The summed E-state index contributed by atoms with van der Waals surface area (Å²) in [5, 5.41) is 1.65. The van der Waals surface area contributed by atoms with Gasteiger partial charge in [0.05, 0.1) is 0 Å². The SMILES string of the molecule is CC(C)(C)c1nc(NN)cc(SCc2ccc(Cl)cc2)n1. The van der Waals surface area contributed by atoms with Gasteiger partial charge >= 0.3 is 0 Å². The van der Waals surface area contributed by atoms with Gasteiger partial charge < -0.3 is 5.43 Å². The van der Waals surface area contributed by atoms with E-state index in [4.69, 9.17) is 17.4 Å². The van der Waals surface area contributed by atoms with Crippen LogP contribution < -0.4 is 11.3 Å². The molecule has 21 heavy (non-hydrogen) atoms. The van der Waals surface area contributed by atoms with Gasteiger partial charge in [0, 0.05) is 22.3 Å². The molecule has 0 bridgehead atoms. The Bertz CT molecular complexity index is 608. The number of anilines is 1. The van der Waals surface area contributed by atoms with Crippen molar-refractivity contribution in [2.24, 2.45) is 5.84 Å². The fourth-order valence-electron chi connectivity index (χ4n) is 1.65. The third kappa shape index (κ3) is 4.59. The number of nitrogens with two attached hydrogens (primary N) is 1. The highest BCUT2D eigenvalue weighted by Crippen LogP contribution is 2.27. The number of hydrogen-bond donors (Lipinski definition) is 2. The number of nitrogens with one attached hydrogen (secondary N) is 1. The molecule has 0 unspecified atom stereocenters. The van der Waals surface area contributed by atoms with Gasteiger partial charge in [-0.15, -0.1) is 11.8 Å². The summed E-state index contributed by atoms with van der Waals surface area (Å²) in [7, 11) is 0. The van der Waals surface area contributed by atoms with Gasteiger partial charge in [0.1, 0.15) is 16.7 Å². The highest BCUT2D eigenvalue weighted by molar-refractivity contribution is 7.98. The predicted molar refractivity (Wildman–Crippen MR) is 89.6 cm³/mol. The van der Waals surface area contributed by atoms with E-state index >= 15 is 0 Å². The Morgan fingerprint density at radius 2 is 1.86 bits per heavy atom. The molecule has 0 saturated carbocycles. The maximum atomic E-state index is 5.89. The van der Waals surface area contributed by atoms with Crippen molar-refractivity contribution in [1.82, 2.24) is 9.97 Å². The monoisotopic (exact) mass is 322 g/mol. The van der Waals surface area contributed by atoms with E-state index in [1.807, 2.05) is 30.3 Å². The lowest BCUT2D eigenvalue weighted by Gasteiger charge is -2.18. The van der Waals surface area contributed by atoms with Crippen LogP contribution in [-0.2, 0) is 11.2 Å². The van der Waals surface area contributed by atoms with Gasteiger partial charge in [0.2, 0.25) is 0 Å². The number of nitrogen functional groups attached to an aromatic ring is 1. The van der Waals surface area contributed by atoms with Gasteiger partial charge in [-0.05, 0) is 17.7 Å². The third-order valence-electron chi connectivity index (χ3n) is 2.82. The zero-order valence-electron chi connectivity index (χ0n) is 12.4. The van der Waals surface area contributed by atoms with E-state index in [0.717, 1.165) is 21.6 Å². The fourth-order valence-corrected chi connectivity index (χ4v) is 2.63. The molecule has 2 aromatic rings. The number of rotatable bonds is 4. The standard InChI is InChI=1S/C15H19ClN4S/c1-15(2,3)14-18-12(20-17)8-13(19-14)21-9-10-4-6-11(16)7-5-10/h4-8H,9,17H2,1-3H3,(H,18,19,20). The number of hydrazine groups is 1. The average Bonchev–Trinajstić information content (AvgIpc) is 2.45. The molecule has 0 aliphatic heterocycles. The fraction of sp³-hybridized carbons (Fsp3) is 0.333. The lowest BCUT2D eigenvalue weighted by atomic mass is 9.96. The molecule has 2 rings (SSSR count). The summed E-state index contributed by atoms with van der Waals surface area (Å²) in [6.45, 7) is 6.24. The molecule has 0 amide bonds. The number of aromatic nitrogens is 2. The van der Waals surface area contributed by atoms with Crippen molar-refractivity contribution in [3.05, 3.63) is 46.7 Å². The summed E-state index contributed by atoms with van der Waals surface area (Å²) in [6.07, 6.45) is 0. The number of halogens is 1. The first-order valence-corrected chi connectivity index (χ1v) is 7.98. The van der Waals surface area contributed by atoms with Crippen molar-refractivity contribution >= 4 is 29.2 Å². The van der Waals surface area contributed by atoms with Crippen LogP contribution in [0.3, 0.4) is 0 Å². The molecule has 0 spiro atoms. The van der Waals surface area contributed by atoms with Crippen molar-refractivity contribution in [3.63, 3.8) is 0 Å². The summed E-state index contributed by atoms with van der Waals surface area (Å²) in [4.78, 5) is 9.03. The molecule has 3 N–H and O–H groups in total. The zero-order valence-corrected chi connectivity index (χ0v) is 13.9. The minimum atomic E-state index is -0.123. The van der Waals surface area contributed by atoms with Crippen LogP contribution in [0.25, 0.3) is 0 Å². The van der Waals surface area contributed by atoms with Crippen LogP contribution in [0, 0.1) is 0 Å². The van der Waals surface area contributed by atoms with Crippen LogP contribution in [0.5, 0.6) is 0 Å². The van der Waals surface area contributed by atoms with Crippen molar-refractivity contribution in [2.45, 2.75) is 37.0 Å². The van der Waals surface area contributed by atoms with Crippen LogP contribution in [0.1, 0.15) is 32.2 Å².